The van der Waals surface area contributed by atoms with Gasteiger partial charge in [0.2, 0.25) is 0 Å². The molecule has 19 heavy (non-hydrogen) atoms. The van der Waals surface area contributed by atoms with Gasteiger partial charge in [0.25, 0.3) is 0 Å². The van der Waals surface area contributed by atoms with E-state index in [-0.39, 0.29) is 11.9 Å². The number of benzene rings is 2. The molecule has 0 heterocycles. The fraction of sp³-hybridized carbons (Fsp3) is 0.250. The van der Waals surface area contributed by atoms with E-state index >= 15 is 0 Å². The zero-order chi connectivity index (χ0) is 13.7. The molecule has 2 aromatic carbocycles. The Morgan fingerprint density at radius 3 is 2.26 bits per heavy atom. The maximum atomic E-state index is 12.8. The summed E-state index contributed by atoms with van der Waals surface area (Å²) in [6.45, 7) is 2.83. The Hall–Kier alpha value is -1.87. The van der Waals surface area contributed by atoms with Crippen LogP contribution in [0.5, 0.6) is 5.75 Å². The van der Waals surface area contributed by atoms with Crippen LogP contribution in [0.25, 0.3) is 0 Å². The van der Waals surface area contributed by atoms with Crippen LogP contribution in [0.1, 0.15) is 24.1 Å². The molecule has 1 atom stereocenters. The third-order valence-electron chi connectivity index (χ3n) is 3.14. The molecule has 2 rings (SSSR count). The minimum Gasteiger partial charge on any atom is -0.497 e. The second-order valence-corrected chi connectivity index (χ2v) is 4.50. The van der Waals surface area contributed by atoms with Gasteiger partial charge in [0, 0.05) is 12.6 Å². The van der Waals surface area contributed by atoms with E-state index in [1.807, 2.05) is 24.3 Å². The van der Waals surface area contributed by atoms with E-state index in [0.717, 1.165) is 17.9 Å². The van der Waals surface area contributed by atoms with Crippen molar-refractivity contribution in [3.63, 3.8) is 0 Å². The second kappa shape index (κ2) is 6.34. The summed E-state index contributed by atoms with van der Waals surface area (Å²) in [4.78, 5) is 0. The van der Waals surface area contributed by atoms with Crippen LogP contribution in [0.4, 0.5) is 4.39 Å². The van der Waals surface area contributed by atoms with Crippen LogP contribution in [0.3, 0.4) is 0 Å². The van der Waals surface area contributed by atoms with E-state index < -0.39 is 0 Å². The summed E-state index contributed by atoms with van der Waals surface area (Å²) < 4.78 is 18.0. The summed E-state index contributed by atoms with van der Waals surface area (Å²) in [5.41, 5.74) is 2.27. The predicted molar refractivity (Wildman–Crippen MR) is 74.6 cm³/mol. The minimum absolute atomic E-state index is 0.183. The van der Waals surface area contributed by atoms with Crippen molar-refractivity contribution >= 4 is 0 Å². The quantitative estimate of drug-likeness (QED) is 0.884. The molecule has 100 valence electrons. The normalized spacial score (nSPS) is 12.2. The molecule has 0 aliphatic rings. The Bertz CT molecular complexity index is 507. The standard InChI is InChI=1S/C16H18FNO/c1-12(14-5-7-15(17)8-6-14)18-11-13-3-9-16(19-2)10-4-13/h3-10,12,18H,11H2,1-2H3/t12-/m1/s1. The topological polar surface area (TPSA) is 21.3 Å². The molecule has 0 bridgehead atoms. The smallest absolute Gasteiger partial charge is 0.123 e. The Morgan fingerprint density at radius 1 is 1.05 bits per heavy atom. The van der Waals surface area contributed by atoms with E-state index in [1.165, 1.54) is 17.7 Å². The van der Waals surface area contributed by atoms with Gasteiger partial charge in [0.15, 0.2) is 0 Å². The molecule has 0 saturated heterocycles. The Kier molecular flexibility index (Phi) is 4.53. The molecule has 0 radical (unpaired) electrons. The van der Waals surface area contributed by atoms with Crippen molar-refractivity contribution in [2.24, 2.45) is 0 Å². The molecule has 2 aromatic rings. The number of hydrogen-bond donors (Lipinski definition) is 1. The van der Waals surface area contributed by atoms with Gasteiger partial charge in [-0.1, -0.05) is 24.3 Å². The minimum atomic E-state index is -0.203. The highest BCUT2D eigenvalue weighted by Crippen LogP contribution is 2.15. The SMILES string of the molecule is COc1ccc(CN[C@H](C)c2ccc(F)cc2)cc1. The van der Waals surface area contributed by atoms with Crippen molar-refractivity contribution in [3.8, 4) is 5.75 Å². The lowest BCUT2D eigenvalue weighted by Crippen LogP contribution is -2.17. The number of rotatable bonds is 5. The highest BCUT2D eigenvalue weighted by Gasteiger charge is 2.04. The van der Waals surface area contributed by atoms with E-state index in [4.69, 9.17) is 4.74 Å². The zero-order valence-corrected chi connectivity index (χ0v) is 11.2. The van der Waals surface area contributed by atoms with Crippen molar-refractivity contribution in [3.05, 3.63) is 65.5 Å². The summed E-state index contributed by atoms with van der Waals surface area (Å²) in [5.74, 6) is 0.654. The highest BCUT2D eigenvalue weighted by atomic mass is 19.1. The van der Waals surface area contributed by atoms with Crippen LogP contribution in [0, 0.1) is 5.82 Å². The predicted octanol–water partition coefficient (Wildman–Crippen LogP) is 3.69. The van der Waals surface area contributed by atoms with E-state index in [0.29, 0.717) is 0 Å². The number of hydrogen-bond acceptors (Lipinski definition) is 2. The molecule has 0 fully saturated rings. The van der Waals surface area contributed by atoms with Gasteiger partial charge in [0.1, 0.15) is 11.6 Å². The Morgan fingerprint density at radius 2 is 1.68 bits per heavy atom. The number of methoxy groups -OCH3 is 1. The Labute approximate surface area is 113 Å². The van der Waals surface area contributed by atoms with Crippen LogP contribution in [-0.4, -0.2) is 7.11 Å². The summed E-state index contributed by atoms with van der Waals surface area (Å²) in [7, 11) is 1.66. The molecule has 0 spiro atoms. The van der Waals surface area contributed by atoms with E-state index in [2.05, 4.69) is 12.2 Å². The van der Waals surface area contributed by atoms with E-state index in [1.54, 1.807) is 19.2 Å². The lowest BCUT2D eigenvalue weighted by atomic mass is 10.1. The number of ether oxygens (including phenoxy) is 1. The monoisotopic (exact) mass is 259 g/mol. The van der Waals surface area contributed by atoms with Crippen LogP contribution in [0.15, 0.2) is 48.5 Å². The number of nitrogens with one attached hydrogen (secondary N) is 1. The molecule has 0 saturated carbocycles. The lowest BCUT2D eigenvalue weighted by Gasteiger charge is -2.14. The van der Waals surface area contributed by atoms with Gasteiger partial charge in [0.05, 0.1) is 7.11 Å². The van der Waals surface area contributed by atoms with Gasteiger partial charge in [-0.05, 0) is 42.3 Å². The van der Waals surface area contributed by atoms with Gasteiger partial charge < -0.3 is 10.1 Å². The summed E-state index contributed by atoms with van der Waals surface area (Å²) in [6.07, 6.45) is 0. The third kappa shape index (κ3) is 3.80. The highest BCUT2D eigenvalue weighted by molar-refractivity contribution is 5.27. The molecule has 1 N–H and O–H groups in total. The molecule has 0 unspecified atom stereocenters. The molecular weight excluding hydrogens is 241 g/mol. The first kappa shape index (κ1) is 13.6. The van der Waals surface area contributed by atoms with Gasteiger partial charge in [-0.3, -0.25) is 0 Å². The fourth-order valence-electron chi connectivity index (χ4n) is 1.88. The summed E-state index contributed by atoms with van der Waals surface area (Å²) in [6, 6.07) is 14.7. The van der Waals surface area contributed by atoms with Gasteiger partial charge in [-0.25, -0.2) is 4.39 Å². The van der Waals surface area contributed by atoms with E-state index in [9.17, 15) is 4.39 Å². The molecule has 0 aromatic heterocycles. The molecule has 0 amide bonds. The van der Waals surface area contributed by atoms with Crippen LogP contribution < -0.4 is 10.1 Å². The van der Waals surface area contributed by atoms with Crippen molar-refractivity contribution in [1.29, 1.82) is 0 Å². The summed E-state index contributed by atoms with van der Waals surface area (Å²) >= 11 is 0. The summed E-state index contributed by atoms with van der Waals surface area (Å²) in [5, 5.41) is 3.41. The maximum absolute atomic E-state index is 12.8. The molecular formula is C16H18FNO. The third-order valence-corrected chi connectivity index (χ3v) is 3.14. The van der Waals surface area contributed by atoms with Crippen LogP contribution >= 0.6 is 0 Å². The first-order valence-corrected chi connectivity index (χ1v) is 6.31. The van der Waals surface area contributed by atoms with Gasteiger partial charge in [-0.15, -0.1) is 0 Å². The molecule has 3 heteroatoms. The largest absolute Gasteiger partial charge is 0.497 e. The van der Waals surface area contributed by atoms with Crippen molar-refractivity contribution < 1.29 is 9.13 Å². The van der Waals surface area contributed by atoms with Crippen LogP contribution in [0.2, 0.25) is 0 Å². The average molecular weight is 259 g/mol. The second-order valence-electron chi connectivity index (χ2n) is 4.50. The first-order valence-electron chi connectivity index (χ1n) is 6.31. The lowest BCUT2D eigenvalue weighted by molar-refractivity contribution is 0.414. The maximum Gasteiger partial charge on any atom is 0.123 e. The van der Waals surface area contributed by atoms with Gasteiger partial charge >= 0.3 is 0 Å². The van der Waals surface area contributed by atoms with Crippen molar-refractivity contribution in [2.45, 2.75) is 19.5 Å². The average Bonchev–Trinajstić information content (AvgIpc) is 2.46. The zero-order valence-electron chi connectivity index (χ0n) is 11.2. The van der Waals surface area contributed by atoms with Crippen LogP contribution in [-0.2, 0) is 6.54 Å². The molecule has 0 aliphatic carbocycles. The molecule has 0 aliphatic heterocycles. The Balaban J connectivity index is 1.92. The fourth-order valence-corrected chi connectivity index (χ4v) is 1.88. The van der Waals surface area contributed by atoms with Crippen molar-refractivity contribution in [2.75, 3.05) is 7.11 Å². The first-order chi connectivity index (χ1) is 9.19. The molecule has 2 nitrogen and oxygen atoms in total. The van der Waals surface area contributed by atoms with Gasteiger partial charge in [-0.2, -0.15) is 0 Å². The number of halogens is 1. The van der Waals surface area contributed by atoms with Crippen molar-refractivity contribution in [1.82, 2.24) is 5.32 Å².